The van der Waals surface area contributed by atoms with E-state index in [-0.39, 0.29) is 17.3 Å². The molecule has 0 radical (unpaired) electrons. The summed E-state index contributed by atoms with van der Waals surface area (Å²) in [7, 11) is 0. The standard InChI is InChI=1S/C22H24N6OS/c1-12-9-14(19-16-10-26-27-21(16)25-11-24-19)7-8-15(12)13(2)28-17-5-3-4-6-18(17)30-22(28)20(23)29/h7-11,13,22H,3-6H2,1-2H3,(H2,23,29)(H,24,25,26,27). The Balaban J connectivity index is 1.52. The number of hydrogen-bond donors (Lipinski definition) is 2. The smallest absolute Gasteiger partial charge is 0.251 e. The lowest BCUT2D eigenvalue weighted by Crippen LogP contribution is -2.40. The Bertz CT molecular complexity index is 1170. The molecule has 2 aromatic heterocycles. The number of carbonyl (C=O) groups excluding carboxylic acids is 1. The Kier molecular flexibility index (Phi) is 4.73. The Labute approximate surface area is 179 Å². The molecule has 3 N–H and O–H groups in total. The minimum atomic E-state index is -0.324. The minimum absolute atomic E-state index is 0.0639. The number of aromatic nitrogens is 4. The minimum Gasteiger partial charge on any atom is -0.367 e. The molecular formula is C22H24N6OS. The molecule has 7 nitrogen and oxygen atoms in total. The third kappa shape index (κ3) is 3.06. The van der Waals surface area contributed by atoms with E-state index in [4.69, 9.17) is 5.73 Å². The molecule has 154 valence electrons. The molecule has 1 aromatic carbocycles. The Morgan fingerprint density at radius 3 is 2.93 bits per heavy atom. The number of carbonyl (C=O) groups is 1. The largest absolute Gasteiger partial charge is 0.367 e. The molecule has 0 saturated carbocycles. The molecule has 0 spiro atoms. The number of rotatable bonds is 4. The maximum absolute atomic E-state index is 12.2. The highest BCUT2D eigenvalue weighted by molar-refractivity contribution is 8.04. The van der Waals surface area contributed by atoms with Gasteiger partial charge >= 0.3 is 0 Å². The van der Waals surface area contributed by atoms with Gasteiger partial charge in [0.2, 0.25) is 0 Å². The highest BCUT2D eigenvalue weighted by atomic mass is 32.2. The van der Waals surface area contributed by atoms with Crippen LogP contribution in [0, 0.1) is 6.92 Å². The van der Waals surface area contributed by atoms with Gasteiger partial charge in [0, 0.05) is 16.2 Å². The number of H-pyrrole nitrogens is 1. The molecule has 0 saturated heterocycles. The number of aryl methyl sites for hydroxylation is 1. The monoisotopic (exact) mass is 420 g/mol. The summed E-state index contributed by atoms with van der Waals surface area (Å²) in [6.45, 7) is 4.28. The normalized spacial score (nSPS) is 19.9. The summed E-state index contributed by atoms with van der Waals surface area (Å²) >= 11 is 1.65. The van der Waals surface area contributed by atoms with E-state index in [0.29, 0.717) is 0 Å². The molecule has 1 aliphatic carbocycles. The van der Waals surface area contributed by atoms with Gasteiger partial charge in [-0.3, -0.25) is 9.89 Å². The molecule has 0 bridgehead atoms. The Morgan fingerprint density at radius 1 is 1.30 bits per heavy atom. The van der Waals surface area contributed by atoms with Crippen molar-refractivity contribution in [2.24, 2.45) is 5.73 Å². The average molecular weight is 421 g/mol. The molecule has 0 fully saturated rings. The summed E-state index contributed by atoms with van der Waals surface area (Å²) in [6, 6.07) is 6.45. The van der Waals surface area contributed by atoms with Crippen molar-refractivity contribution in [1.82, 2.24) is 25.1 Å². The number of amides is 1. The molecule has 1 aliphatic heterocycles. The van der Waals surface area contributed by atoms with E-state index in [2.05, 4.69) is 57.1 Å². The lowest BCUT2D eigenvalue weighted by Gasteiger charge is -2.35. The first-order valence-corrected chi connectivity index (χ1v) is 11.1. The van der Waals surface area contributed by atoms with Crippen LogP contribution in [0.15, 0.2) is 41.3 Å². The van der Waals surface area contributed by atoms with E-state index in [9.17, 15) is 4.79 Å². The van der Waals surface area contributed by atoms with E-state index in [1.807, 2.05) is 0 Å². The number of benzene rings is 1. The van der Waals surface area contributed by atoms with Crippen molar-refractivity contribution in [1.29, 1.82) is 0 Å². The van der Waals surface area contributed by atoms with E-state index >= 15 is 0 Å². The summed E-state index contributed by atoms with van der Waals surface area (Å²) in [5, 5.41) is 7.56. The number of fused-ring (bicyclic) bond motifs is 1. The van der Waals surface area contributed by atoms with Crippen LogP contribution in [-0.2, 0) is 4.79 Å². The zero-order chi connectivity index (χ0) is 20.8. The van der Waals surface area contributed by atoms with Gasteiger partial charge in [0.15, 0.2) is 11.0 Å². The number of primary amides is 1. The number of hydrogen-bond acceptors (Lipinski definition) is 6. The highest BCUT2D eigenvalue weighted by Gasteiger charge is 2.40. The molecule has 2 unspecified atom stereocenters. The number of thioether (sulfide) groups is 1. The van der Waals surface area contributed by atoms with Crippen molar-refractivity contribution in [3.05, 3.63) is 52.5 Å². The van der Waals surface area contributed by atoms with Crippen molar-refractivity contribution in [3.63, 3.8) is 0 Å². The maximum Gasteiger partial charge on any atom is 0.251 e. The number of aromatic amines is 1. The first-order valence-electron chi connectivity index (χ1n) is 10.3. The Morgan fingerprint density at radius 2 is 2.13 bits per heavy atom. The van der Waals surface area contributed by atoms with Gasteiger partial charge in [0.25, 0.3) is 5.91 Å². The van der Waals surface area contributed by atoms with Gasteiger partial charge < -0.3 is 10.6 Å². The van der Waals surface area contributed by atoms with Gasteiger partial charge in [-0.25, -0.2) is 9.97 Å². The predicted molar refractivity (Wildman–Crippen MR) is 118 cm³/mol. The second-order valence-corrected chi connectivity index (χ2v) is 9.13. The van der Waals surface area contributed by atoms with Crippen molar-refractivity contribution in [2.75, 3.05) is 0 Å². The highest BCUT2D eigenvalue weighted by Crippen LogP contribution is 2.49. The van der Waals surface area contributed by atoms with Crippen molar-refractivity contribution in [2.45, 2.75) is 50.9 Å². The van der Waals surface area contributed by atoms with Gasteiger partial charge in [-0.1, -0.05) is 23.9 Å². The Hall–Kier alpha value is -2.87. The molecule has 2 atom stereocenters. The fourth-order valence-electron chi connectivity index (χ4n) is 4.66. The quantitative estimate of drug-likeness (QED) is 0.661. The second kappa shape index (κ2) is 7.43. The van der Waals surface area contributed by atoms with Crippen LogP contribution in [0.1, 0.15) is 49.8 Å². The first kappa shape index (κ1) is 19.1. The fourth-order valence-corrected chi connectivity index (χ4v) is 6.08. The van der Waals surface area contributed by atoms with E-state index < -0.39 is 0 Å². The van der Waals surface area contributed by atoms with Crippen LogP contribution in [0.3, 0.4) is 0 Å². The molecule has 3 heterocycles. The number of allylic oxidation sites excluding steroid dienone is 2. The summed E-state index contributed by atoms with van der Waals surface area (Å²) in [5.41, 5.74) is 12.1. The summed E-state index contributed by atoms with van der Waals surface area (Å²) < 4.78 is 0. The third-order valence-electron chi connectivity index (χ3n) is 6.11. The molecule has 2 aliphatic rings. The number of nitrogens with two attached hydrogens (primary N) is 1. The lowest BCUT2D eigenvalue weighted by atomic mass is 9.95. The summed E-state index contributed by atoms with van der Waals surface area (Å²) in [6.07, 6.45) is 7.74. The van der Waals surface area contributed by atoms with Crippen molar-refractivity contribution >= 4 is 28.7 Å². The van der Waals surface area contributed by atoms with Gasteiger partial charge in [-0.2, -0.15) is 5.10 Å². The maximum atomic E-state index is 12.2. The second-order valence-electron chi connectivity index (χ2n) is 7.96. The van der Waals surface area contributed by atoms with Gasteiger partial charge in [-0.15, -0.1) is 0 Å². The van der Waals surface area contributed by atoms with Crippen LogP contribution in [0.2, 0.25) is 0 Å². The van der Waals surface area contributed by atoms with Crippen molar-refractivity contribution in [3.8, 4) is 11.3 Å². The van der Waals surface area contributed by atoms with E-state index in [1.54, 1.807) is 24.3 Å². The molecular weight excluding hydrogens is 396 g/mol. The molecule has 3 aromatic rings. The fraction of sp³-hybridized carbons (Fsp3) is 0.364. The van der Waals surface area contributed by atoms with Gasteiger partial charge in [-0.05, 0) is 56.7 Å². The summed E-state index contributed by atoms with van der Waals surface area (Å²) in [4.78, 5) is 24.5. The van der Waals surface area contributed by atoms with Crippen LogP contribution in [0.25, 0.3) is 22.3 Å². The number of nitrogens with zero attached hydrogens (tertiary/aromatic N) is 4. The van der Waals surface area contributed by atoms with Gasteiger partial charge in [0.1, 0.15) is 6.33 Å². The molecule has 1 amide bonds. The van der Waals surface area contributed by atoms with E-state index in [0.717, 1.165) is 40.7 Å². The van der Waals surface area contributed by atoms with Crippen LogP contribution < -0.4 is 5.73 Å². The molecule has 30 heavy (non-hydrogen) atoms. The topological polar surface area (TPSA) is 101 Å². The zero-order valence-corrected chi connectivity index (χ0v) is 17.9. The van der Waals surface area contributed by atoms with Crippen LogP contribution in [0.4, 0.5) is 0 Å². The zero-order valence-electron chi connectivity index (χ0n) is 17.1. The van der Waals surface area contributed by atoms with Crippen LogP contribution in [-0.4, -0.2) is 36.3 Å². The van der Waals surface area contributed by atoms with Crippen molar-refractivity contribution < 1.29 is 4.79 Å². The third-order valence-corrected chi connectivity index (χ3v) is 7.52. The first-order chi connectivity index (χ1) is 14.5. The van der Waals surface area contributed by atoms with Crippen LogP contribution in [0.5, 0.6) is 0 Å². The molecule has 8 heteroatoms. The van der Waals surface area contributed by atoms with Gasteiger partial charge in [0.05, 0.1) is 23.3 Å². The average Bonchev–Trinajstić information content (AvgIpc) is 3.37. The van der Waals surface area contributed by atoms with Crippen LogP contribution >= 0.6 is 11.8 Å². The summed E-state index contributed by atoms with van der Waals surface area (Å²) in [5.74, 6) is -0.265. The predicted octanol–water partition coefficient (Wildman–Crippen LogP) is 4.04. The molecule has 5 rings (SSSR count). The SMILES string of the molecule is Cc1cc(-c2ncnc3[nH]ncc23)ccc1C(C)N1C2=C(CCCC2)SC1C(N)=O. The number of nitrogens with one attached hydrogen (secondary N) is 1. The lowest BCUT2D eigenvalue weighted by molar-refractivity contribution is -0.120. The van der Waals surface area contributed by atoms with E-state index in [1.165, 1.54) is 29.0 Å².